The Labute approximate surface area is 130 Å². The Balaban J connectivity index is 2.11. The molecule has 0 unspecified atom stereocenters. The van der Waals surface area contributed by atoms with Crippen molar-refractivity contribution in [3.05, 3.63) is 53.2 Å². The highest BCUT2D eigenvalue weighted by molar-refractivity contribution is 8.13. The number of nitrogens with one attached hydrogen (secondary N) is 1. The molecule has 0 aliphatic carbocycles. The monoisotopic (exact) mass is 343 g/mol. The molecule has 1 aromatic heterocycles. The topological polar surface area (TPSA) is 89.0 Å². The molecule has 0 bridgehead atoms. The second-order valence-corrected chi connectivity index (χ2v) is 6.96. The Hall–Kier alpha value is -2.06. The van der Waals surface area contributed by atoms with Gasteiger partial charge >= 0.3 is 0 Å². The lowest BCUT2D eigenvalue weighted by Crippen LogP contribution is -2.24. The summed E-state index contributed by atoms with van der Waals surface area (Å²) < 4.78 is 35.5. The van der Waals surface area contributed by atoms with Gasteiger partial charge in [-0.15, -0.1) is 0 Å². The number of benzene rings is 1. The quantitative estimate of drug-likeness (QED) is 0.675. The zero-order valence-corrected chi connectivity index (χ0v) is 12.9. The van der Waals surface area contributed by atoms with Gasteiger partial charge in [0.2, 0.25) is 0 Å². The van der Waals surface area contributed by atoms with Crippen LogP contribution < -0.4 is 5.32 Å². The van der Waals surface area contributed by atoms with Crippen LogP contribution in [-0.4, -0.2) is 24.3 Å². The van der Waals surface area contributed by atoms with Crippen molar-refractivity contribution in [2.24, 2.45) is 0 Å². The van der Waals surface area contributed by atoms with Crippen molar-refractivity contribution in [2.45, 2.75) is 18.5 Å². The molecule has 0 spiro atoms. The Morgan fingerprint density at radius 2 is 2.05 bits per heavy atom. The van der Waals surface area contributed by atoms with E-state index in [1.54, 1.807) is 13.0 Å². The van der Waals surface area contributed by atoms with Crippen LogP contribution in [0.4, 0.5) is 4.39 Å². The van der Waals surface area contributed by atoms with E-state index in [0.717, 1.165) is 12.4 Å². The molecule has 0 atom stereocenters. The number of nitrogens with zero attached hydrogens (tertiary/aromatic N) is 2. The van der Waals surface area contributed by atoms with E-state index >= 15 is 0 Å². The van der Waals surface area contributed by atoms with Crippen LogP contribution in [0.5, 0.6) is 0 Å². The molecule has 1 heterocycles. The molecule has 0 saturated carbocycles. The minimum Gasteiger partial charge on any atom is -0.347 e. The van der Waals surface area contributed by atoms with Crippen molar-refractivity contribution in [2.75, 3.05) is 0 Å². The highest BCUT2D eigenvalue weighted by Crippen LogP contribution is 2.12. The molecule has 9 heteroatoms. The summed E-state index contributed by atoms with van der Waals surface area (Å²) in [7, 11) is 1.12. The van der Waals surface area contributed by atoms with Crippen LogP contribution in [0.15, 0.2) is 35.6 Å². The van der Waals surface area contributed by atoms with Gasteiger partial charge in [0, 0.05) is 23.3 Å². The zero-order valence-electron chi connectivity index (χ0n) is 11.4. The average Bonchev–Trinajstić information content (AvgIpc) is 2.47. The van der Waals surface area contributed by atoms with Crippen molar-refractivity contribution in [3.8, 4) is 0 Å². The molecule has 2 aromatic rings. The highest BCUT2D eigenvalue weighted by Gasteiger charge is 2.16. The number of aryl methyl sites for hydroxylation is 1. The van der Waals surface area contributed by atoms with Crippen LogP contribution >= 0.6 is 10.7 Å². The number of hydrogen-bond acceptors (Lipinski definition) is 5. The first-order chi connectivity index (χ1) is 10.3. The summed E-state index contributed by atoms with van der Waals surface area (Å²) >= 11 is 0. The lowest BCUT2D eigenvalue weighted by Gasteiger charge is -2.06. The fourth-order valence-electron chi connectivity index (χ4n) is 1.69. The normalized spacial score (nSPS) is 11.2. The van der Waals surface area contributed by atoms with E-state index in [2.05, 4.69) is 15.3 Å². The second-order valence-electron chi connectivity index (χ2n) is 4.45. The van der Waals surface area contributed by atoms with Crippen LogP contribution in [0.3, 0.4) is 0 Å². The third kappa shape index (κ3) is 3.99. The molecule has 0 aliphatic rings. The average molecular weight is 344 g/mol. The molecular weight excluding hydrogens is 333 g/mol. The van der Waals surface area contributed by atoms with Crippen LogP contribution in [0.1, 0.15) is 21.6 Å². The lowest BCUT2D eigenvalue weighted by molar-refractivity contribution is 0.0945. The third-order valence-electron chi connectivity index (χ3n) is 2.80. The van der Waals surface area contributed by atoms with Crippen LogP contribution in [-0.2, 0) is 15.6 Å². The van der Waals surface area contributed by atoms with Crippen LogP contribution in [0.25, 0.3) is 0 Å². The molecule has 0 radical (unpaired) electrons. The summed E-state index contributed by atoms with van der Waals surface area (Å²) in [5.74, 6) is -0.922. The van der Waals surface area contributed by atoms with Crippen LogP contribution in [0.2, 0.25) is 0 Å². The summed E-state index contributed by atoms with van der Waals surface area (Å²) in [5, 5.41) is 2.10. The molecule has 1 aromatic carbocycles. The van der Waals surface area contributed by atoms with Crippen molar-refractivity contribution in [1.82, 2.24) is 15.3 Å². The predicted octanol–water partition coefficient (Wildman–Crippen LogP) is 1.78. The van der Waals surface area contributed by atoms with Gasteiger partial charge in [-0.3, -0.25) is 4.79 Å². The molecule has 0 fully saturated rings. The molecular formula is C13H11ClFN3O3S. The van der Waals surface area contributed by atoms with E-state index < -0.39 is 20.0 Å². The van der Waals surface area contributed by atoms with Gasteiger partial charge in [0.25, 0.3) is 15.0 Å². The SMILES string of the molecule is Cc1cc(CNC(=O)c2cc(S(=O)(=O)Cl)ncn2)ccc1F. The standard InChI is InChI=1S/C13H11ClFN3O3S/c1-8-4-9(2-3-10(8)15)6-16-13(19)11-5-12(18-7-17-11)22(14,20)21/h2-5,7H,6H2,1H3,(H,16,19). The predicted molar refractivity (Wildman–Crippen MR) is 77.4 cm³/mol. The Morgan fingerprint density at radius 3 is 2.68 bits per heavy atom. The van der Waals surface area contributed by atoms with Gasteiger partial charge in [0.1, 0.15) is 17.8 Å². The van der Waals surface area contributed by atoms with E-state index in [1.165, 1.54) is 12.1 Å². The Morgan fingerprint density at radius 1 is 1.32 bits per heavy atom. The van der Waals surface area contributed by atoms with Crippen molar-refractivity contribution in [1.29, 1.82) is 0 Å². The molecule has 6 nitrogen and oxygen atoms in total. The van der Waals surface area contributed by atoms with E-state index in [-0.39, 0.29) is 18.1 Å². The number of amides is 1. The van der Waals surface area contributed by atoms with Gasteiger partial charge in [-0.05, 0) is 24.1 Å². The first kappa shape index (κ1) is 16.3. The molecule has 22 heavy (non-hydrogen) atoms. The second kappa shape index (κ2) is 6.37. The smallest absolute Gasteiger partial charge is 0.278 e. The number of aromatic nitrogens is 2. The van der Waals surface area contributed by atoms with E-state index in [1.807, 2.05) is 0 Å². The maximum Gasteiger partial charge on any atom is 0.278 e. The maximum atomic E-state index is 13.1. The van der Waals surface area contributed by atoms with Gasteiger partial charge in [-0.2, -0.15) is 0 Å². The molecule has 0 aliphatic heterocycles. The largest absolute Gasteiger partial charge is 0.347 e. The van der Waals surface area contributed by atoms with Gasteiger partial charge in [-0.25, -0.2) is 22.8 Å². The number of halogens is 2. The van der Waals surface area contributed by atoms with E-state index in [9.17, 15) is 17.6 Å². The number of rotatable bonds is 4. The van der Waals surface area contributed by atoms with Gasteiger partial charge in [-0.1, -0.05) is 12.1 Å². The number of carbonyl (C=O) groups excluding carboxylic acids is 1. The van der Waals surface area contributed by atoms with Crippen molar-refractivity contribution >= 4 is 25.6 Å². The maximum absolute atomic E-state index is 13.1. The molecule has 0 saturated heterocycles. The lowest BCUT2D eigenvalue weighted by atomic mass is 10.1. The first-order valence-corrected chi connectivity index (χ1v) is 8.38. The van der Waals surface area contributed by atoms with E-state index in [0.29, 0.717) is 11.1 Å². The highest BCUT2D eigenvalue weighted by atomic mass is 35.7. The van der Waals surface area contributed by atoms with Gasteiger partial charge in [0.15, 0.2) is 5.03 Å². The van der Waals surface area contributed by atoms with Gasteiger partial charge in [0.05, 0.1) is 0 Å². The van der Waals surface area contributed by atoms with Gasteiger partial charge < -0.3 is 5.32 Å². The summed E-state index contributed by atoms with van der Waals surface area (Å²) in [6, 6.07) is 5.43. The zero-order chi connectivity index (χ0) is 16.3. The summed E-state index contributed by atoms with van der Waals surface area (Å²) in [6.45, 7) is 1.76. The summed E-state index contributed by atoms with van der Waals surface area (Å²) in [4.78, 5) is 19.1. The summed E-state index contributed by atoms with van der Waals surface area (Å²) in [5.41, 5.74) is 1.03. The minimum atomic E-state index is -4.04. The molecule has 2 rings (SSSR count). The summed E-state index contributed by atoms with van der Waals surface area (Å²) in [6.07, 6.45) is 0.937. The van der Waals surface area contributed by atoms with Crippen LogP contribution in [0, 0.1) is 12.7 Å². The number of hydrogen-bond donors (Lipinski definition) is 1. The Kier molecular flexibility index (Phi) is 4.72. The first-order valence-electron chi connectivity index (χ1n) is 6.07. The van der Waals surface area contributed by atoms with E-state index in [4.69, 9.17) is 10.7 Å². The minimum absolute atomic E-state index is 0.131. The molecule has 116 valence electrons. The van der Waals surface area contributed by atoms with Crippen molar-refractivity contribution in [3.63, 3.8) is 0 Å². The molecule has 1 N–H and O–H groups in total. The number of carbonyl (C=O) groups is 1. The fraction of sp³-hybridized carbons (Fsp3) is 0.154. The Bertz CT molecular complexity index is 827. The van der Waals surface area contributed by atoms with Crippen molar-refractivity contribution < 1.29 is 17.6 Å². The fourth-order valence-corrected chi connectivity index (χ4v) is 2.37. The third-order valence-corrected chi connectivity index (χ3v) is 4.00. The molecule has 1 amide bonds.